The average molecular weight is 430 g/mol. The number of nitrogens with one attached hydrogen (secondary N) is 2. The minimum atomic E-state index is -3.57. The molecule has 158 valence electrons. The van der Waals surface area contributed by atoms with E-state index < -0.39 is 10.0 Å². The van der Waals surface area contributed by atoms with Gasteiger partial charge in [-0.25, -0.2) is 8.42 Å². The molecule has 8 heteroatoms. The summed E-state index contributed by atoms with van der Waals surface area (Å²) in [6, 6.07) is 6.42. The molecule has 2 aliphatic rings. The Bertz CT molecular complexity index is 756. The molecule has 3 atom stereocenters. The number of halogens is 1. The molecule has 2 heterocycles. The summed E-state index contributed by atoms with van der Waals surface area (Å²) in [4.78, 5) is 12.6. The molecule has 0 bridgehead atoms. The smallest absolute Gasteiger partial charge is 0.251 e. The first-order valence-electron chi connectivity index (χ1n) is 9.95. The molecule has 0 radical (unpaired) electrons. The van der Waals surface area contributed by atoms with Gasteiger partial charge in [-0.3, -0.25) is 4.79 Å². The summed E-state index contributed by atoms with van der Waals surface area (Å²) >= 11 is 0. The van der Waals surface area contributed by atoms with E-state index in [4.69, 9.17) is 0 Å². The molecule has 1 aromatic rings. The fourth-order valence-electron chi connectivity index (χ4n) is 4.20. The maximum atomic E-state index is 13.0. The van der Waals surface area contributed by atoms with Crippen LogP contribution in [0.2, 0.25) is 0 Å². The molecular formula is C20H32ClN3O3S. The van der Waals surface area contributed by atoms with Crippen molar-refractivity contribution in [2.45, 2.75) is 38.0 Å². The third kappa shape index (κ3) is 5.69. The first-order valence-corrected chi connectivity index (χ1v) is 11.4. The van der Waals surface area contributed by atoms with Crippen LogP contribution in [0.25, 0.3) is 0 Å². The average Bonchev–Trinajstić information content (AvgIpc) is 3.14. The molecule has 1 aromatic carbocycles. The van der Waals surface area contributed by atoms with Gasteiger partial charge < -0.3 is 10.6 Å². The van der Waals surface area contributed by atoms with Crippen LogP contribution in [0, 0.1) is 17.8 Å². The first kappa shape index (κ1) is 23.1. The van der Waals surface area contributed by atoms with Crippen LogP contribution in [0.15, 0.2) is 29.2 Å². The maximum absolute atomic E-state index is 13.0. The third-order valence-electron chi connectivity index (χ3n) is 5.57. The number of nitrogens with zero attached hydrogens (tertiary/aromatic N) is 1. The van der Waals surface area contributed by atoms with Gasteiger partial charge >= 0.3 is 0 Å². The van der Waals surface area contributed by atoms with Crippen LogP contribution >= 0.6 is 12.4 Å². The van der Waals surface area contributed by atoms with Crippen molar-refractivity contribution in [1.29, 1.82) is 0 Å². The summed E-state index contributed by atoms with van der Waals surface area (Å²) in [6.07, 6.45) is 3.14. The number of sulfonamides is 1. The quantitative estimate of drug-likeness (QED) is 0.728. The van der Waals surface area contributed by atoms with E-state index >= 15 is 0 Å². The van der Waals surface area contributed by atoms with E-state index in [1.54, 1.807) is 22.5 Å². The third-order valence-corrected chi connectivity index (χ3v) is 7.40. The fraction of sp³-hybridized carbons (Fsp3) is 0.650. The molecule has 2 aliphatic heterocycles. The Morgan fingerprint density at radius 1 is 1.25 bits per heavy atom. The second kappa shape index (κ2) is 10.1. The highest BCUT2D eigenvalue weighted by Gasteiger charge is 2.32. The summed E-state index contributed by atoms with van der Waals surface area (Å²) in [5.41, 5.74) is 0.402. The van der Waals surface area contributed by atoms with E-state index in [1.165, 1.54) is 6.07 Å². The van der Waals surface area contributed by atoms with Gasteiger partial charge in [-0.1, -0.05) is 19.9 Å². The number of benzene rings is 1. The summed E-state index contributed by atoms with van der Waals surface area (Å²) in [7, 11) is -3.57. The summed E-state index contributed by atoms with van der Waals surface area (Å²) in [5, 5.41) is 6.24. The van der Waals surface area contributed by atoms with Gasteiger partial charge in [-0.2, -0.15) is 4.31 Å². The zero-order valence-electron chi connectivity index (χ0n) is 16.7. The highest BCUT2D eigenvalue weighted by atomic mass is 35.5. The molecule has 0 saturated carbocycles. The summed E-state index contributed by atoms with van der Waals surface area (Å²) < 4.78 is 27.6. The Morgan fingerprint density at radius 3 is 2.61 bits per heavy atom. The van der Waals surface area contributed by atoms with Gasteiger partial charge in [0.15, 0.2) is 0 Å². The second-order valence-corrected chi connectivity index (χ2v) is 10.1. The maximum Gasteiger partial charge on any atom is 0.251 e. The number of amides is 1. The zero-order valence-corrected chi connectivity index (χ0v) is 18.3. The van der Waals surface area contributed by atoms with Crippen molar-refractivity contribution in [3.8, 4) is 0 Å². The highest BCUT2D eigenvalue weighted by Crippen LogP contribution is 2.27. The number of hydrogen-bond acceptors (Lipinski definition) is 4. The Balaban J connectivity index is 0.00000280. The topological polar surface area (TPSA) is 78.5 Å². The Kier molecular flexibility index (Phi) is 8.30. The van der Waals surface area contributed by atoms with Crippen LogP contribution in [0.5, 0.6) is 0 Å². The molecule has 2 fully saturated rings. The molecule has 2 saturated heterocycles. The molecular weight excluding hydrogens is 398 g/mol. The van der Waals surface area contributed by atoms with Crippen LogP contribution < -0.4 is 10.6 Å². The number of carbonyl (C=O) groups is 1. The van der Waals surface area contributed by atoms with Crippen LogP contribution in [-0.2, 0) is 10.0 Å². The number of carbonyl (C=O) groups excluding carboxylic acids is 1. The lowest BCUT2D eigenvalue weighted by atomic mass is 9.94. The molecule has 2 N–H and O–H groups in total. The number of hydrogen-bond donors (Lipinski definition) is 2. The summed E-state index contributed by atoms with van der Waals surface area (Å²) in [6.45, 7) is 7.92. The van der Waals surface area contributed by atoms with Crippen molar-refractivity contribution in [3.63, 3.8) is 0 Å². The van der Waals surface area contributed by atoms with Gasteiger partial charge in [0, 0.05) is 25.2 Å². The van der Waals surface area contributed by atoms with Crippen LogP contribution in [-0.4, -0.2) is 51.4 Å². The molecule has 6 nitrogen and oxygen atoms in total. The van der Waals surface area contributed by atoms with Crippen molar-refractivity contribution in [2.24, 2.45) is 17.8 Å². The van der Waals surface area contributed by atoms with Gasteiger partial charge in [-0.15, -0.1) is 12.4 Å². The molecule has 0 aromatic heterocycles. The van der Waals surface area contributed by atoms with Gasteiger partial charge in [-0.05, 0) is 68.3 Å². The Labute approximate surface area is 174 Å². The van der Waals surface area contributed by atoms with E-state index in [2.05, 4.69) is 24.5 Å². The van der Waals surface area contributed by atoms with E-state index in [9.17, 15) is 13.2 Å². The SMILES string of the molecule is CC1CC(C)CN(S(=O)(=O)c2cccc(C(=O)NCCC3CCNC3)c2)C1.Cl. The predicted molar refractivity (Wildman–Crippen MR) is 113 cm³/mol. The highest BCUT2D eigenvalue weighted by molar-refractivity contribution is 7.89. The lowest BCUT2D eigenvalue weighted by molar-refractivity contribution is 0.0951. The molecule has 1 amide bonds. The largest absolute Gasteiger partial charge is 0.352 e. The molecule has 0 aliphatic carbocycles. The molecule has 3 unspecified atom stereocenters. The molecule has 3 rings (SSSR count). The molecule has 0 spiro atoms. The first-order chi connectivity index (χ1) is 12.9. The second-order valence-electron chi connectivity index (χ2n) is 8.20. The van der Waals surface area contributed by atoms with Crippen LogP contribution in [0.1, 0.15) is 43.5 Å². The number of piperidine rings is 1. The van der Waals surface area contributed by atoms with Crippen molar-refractivity contribution in [2.75, 3.05) is 32.7 Å². The van der Waals surface area contributed by atoms with E-state index in [-0.39, 0.29) is 23.2 Å². The van der Waals surface area contributed by atoms with Gasteiger partial charge in [0.1, 0.15) is 0 Å². The van der Waals surface area contributed by atoms with Crippen LogP contribution in [0.4, 0.5) is 0 Å². The lowest BCUT2D eigenvalue weighted by Gasteiger charge is -2.34. The number of rotatable bonds is 6. The summed E-state index contributed by atoms with van der Waals surface area (Å²) in [5.74, 6) is 1.10. The van der Waals surface area contributed by atoms with Crippen molar-refractivity contribution >= 4 is 28.3 Å². The van der Waals surface area contributed by atoms with Crippen molar-refractivity contribution < 1.29 is 13.2 Å². The van der Waals surface area contributed by atoms with Crippen molar-refractivity contribution in [3.05, 3.63) is 29.8 Å². The molecule has 28 heavy (non-hydrogen) atoms. The van der Waals surface area contributed by atoms with Gasteiger partial charge in [0.05, 0.1) is 4.90 Å². The van der Waals surface area contributed by atoms with Crippen molar-refractivity contribution in [1.82, 2.24) is 14.9 Å². The van der Waals surface area contributed by atoms with E-state index in [0.717, 1.165) is 32.4 Å². The Hall–Kier alpha value is -1.15. The predicted octanol–water partition coefficient (Wildman–Crippen LogP) is 2.50. The lowest BCUT2D eigenvalue weighted by Crippen LogP contribution is -2.42. The minimum absolute atomic E-state index is 0. The normalized spacial score (nSPS) is 25.9. The zero-order chi connectivity index (χ0) is 19.4. The minimum Gasteiger partial charge on any atom is -0.352 e. The van der Waals surface area contributed by atoms with E-state index in [0.29, 0.717) is 43.0 Å². The monoisotopic (exact) mass is 429 g/mol. The van der Waals surface area contributed by atoms with Gasteiger partial charge in [0.2, 0.25) is 10.0 Å². The standard InChI is InChI=1S/C20H31N3O3S.ClH/c1-15-10-16(2)14-23(13-15)27(25,26)19-5-3-4-18(11-19)20(24)22-9-7-17-6-8-21-12-17;/h3-5,11,15-17,21H,6-10,12-14H2,1-2H3,(H,22,24);1H. The van der Waals surface area contributed by atoms with Gasteiger partial charge in [0.25, 0.3) is 5.91 Å². The van der Waals surface area contributed by atoms with Crippen LogP contribution in [0.3, 0.4) is 0 Å². The van der Waals surface area contributed by atoms with E-state index in [1.807, 2.05) is 0 Å². The Morgan fingerprint density at radius 2 is 1.96 bits per heavy atom. The fourth-order valence-corrected chi connectivity index (χ4v) is 5.93.